The second-order valence-electron chi connectivity index (χ2n) is 6.34. The lowest BCUT2D eigenvalue weighted by Gasteiger charge is -2.25. The second-order valence-corrected chi connectivity index (χ2v) is 6.34. The molecule has 0 heterocycles. The summed E-state index contributed by atoms with van der Waals surface area (Å²) in [6, 6.07) is 18.1. The number of nitrogens with zero attached hydrogens (tertiary/aromatic N) is 1. The Hall–Kier alpha value is -1.88. The number of aliphatic hydroxyl groups is 1. The van der Waals surface area contributed by atoms with Crippen molar-refractivity contribution in [1.82, 2.24) is 4.90 Å². The van der Waals surface area contributed by atoms with Crippen LogP contribution in [0.1, 0.15) is 17.5 Å². The number of benzene rings is 2. The summed E-state index contributed by atoms with van der Waals surface area (Å²) in [6.07, 6.45) is 0.405. The summed E-state index contributed by atoms with van der Waals surface area (Å²) >= 11 is 0. The van der Waals surface area contributed by atoms with Crippen LogP contribution in [0.15, 0.2) is 54.6 Å². The molecule has 0 amide bonds. The molecule has 0 bridgehead atoms. The van der Waals surface area contributed by atoms with Crippen LogP contribution in [-0.2, 0) is 11.3 Å². The Balaban J connectivity index is 1.86. The molecule has 4 nitrogen and oxygen atoms in total. The van der Waals surface area contributed by atoms with Crippen molar-refractivity contribution in [3.05, 3.63) is 65.7 Å². The predicted octanol–water partition coefficient (Wildman–Crippen LogP) is 3.27. The van der Waals surface area contributed by atoms with Gasteiger partial charge in [-0.15, -0.1) is 0 Å². The van der Waals surface area contributed by atoms with Gasteiger partial charge in [-0.3, -0.25) is 4.90 Å². The van der Waals surface area contributed by atoms with Crippen LogP contribution in [0.2, 0.25) is 0 Å². The van der Waals surface area contributed by atoms with E-state index in [1.807, 2.05) is 30.3 Å². The monoisotopic (exact) mass is 343 g/mol. The van der Waals surface area contributed by atoms with Gasteiger partial charge in [-0.25, -0.2) is 0 Å². The number of hydrogen-bond acceptors (Lipinski definition) is 4. The molecule has 136 valence electrons. The minimum Gasteiger partial charge on any atom is -0.491 e. The Labute approximate surface area is 151 Å². The van der Waals surface area contributed by atoms with Crippen LogP contribution in [0.25, 0.3) is 0 Å². The summed E-state index contributed by atoms with van der Waals surface area (Å²) in [4.78, 5) is 2.25. The third-order valence-electron chi connectivity index (χ3n) is 4.00. The van der Waals surface area contributed by atoms with E-state index in [4.69, 9.17) is 9.47 Å². The summed E-state index contributed by atoms with van der Waals surface area (Å²) in [5, 5.41) is 10.4. The molecule has 0 saturated carbocycles. The first-order valence-electron chi connectivity index (χ1n) is 8.80. The lowest BCUT2D eigenvalue weighted by atomic mass is 10.1. The second kappa shape index (κ2) is 10.9. The zero-order chi connectivity index (χ0) is 17.9. The van der Waals surface area contributed by atoms with Gasteiger partial charge in [0.15, 0.2) is 0 Å². The quantitative estimate of drug-likeness (QED) is 0.636. The van der Waals surface area contributed by atoms with Crippen LogP contribution in [0.3, 0.4) is 0 Å². The largest absolute Gasteiger partial charge is 0.491 e. The maximum Gasteiger partial charge on any atom is 0.119 e. The molecule has 25 heavy (non-hydrogen) atoms. The van der Waals surface area contributed by atoms with Crippen LogP contribution < -0.4 is 4.74 Å². The Kier molecular flexibility index (Phi) is 8.46. The lowest BCUT2D eigenvalue weighted by Crippen LogP contribution is -2.36. The Morgan fingerprint density at radius 1 is 1.04 bits per heavy atom. The molecule has 0 unspecified atom stereocenters. The first kappa shape index (κ1) is 19.4. The molecular weight excluding hydrogens is 314 g/mol. The van der Waals surface area contributed by atoms with Crippen molar-refractivity contribution in [2.24, 2.45) is 0 Å². The first-order chi connectivity index (χ1) is 12.2. The molecule has 0 radical (unpaired) electrons. The van der Waals surface area contributed by atoms with Gasteiger partial charge in [0, 0.05) is 33.4 Å². The number of hydrogen-bond donors (Lipinski definition) is 1. The Morgan fingerprint density at radius 3 is 2.44 bits per heavy atom. The maximum absolute atomic E-state index is 10.4. The highest BCUT2D eigenvalue weighted by atomic mass is 16.5. The van der Waals surface area contributed by atoms with Crippen molar-refractivity contribution < 1.29 is 14.6 Å². The summed E-state index contributed by atoms with van der Waals surface area (Å²) in [7, 11) is 1.72. The fraction of sp³-hybridized carbons (Fsp3) is 0.429. The van der Waals surface area contributed by atoms with Crippen molar-refractivity contribution in [2.45, 2.75) is 26.0 Å². The fourth-order valence-corrected chi connectivity index (χ4v) is 2.68. The van der Waals surface area contributed by atoms with E-state index in [0.717, 1.165) is 31.9 Å². The predicted molar refractivity (Wildman–Crippen MR) is 101 cm³/mol. The van der Waals surface area contributed by atoms with E-state index < -0.39 is 6.10 Å². The average Bonchev–Trinajstić information content (AvgIpc) is 2.63. The molecule has 0 fully saturated rings. The lowest BCUT2D eigenvalue weighted by molar-refractivity contribution is 0.0617. The summed E-state index contributed by atoms with van der Waals surface area (Å²) in [6.45, 7) is 5.37. The smallest absolute Gasteiger partial charge is 0.119 e. The SMILES string of the molecule is COCCCN(Cc1ccc(C)cc1)C[C@H](O)COc1ccccc1. The van der Waals surface area contributed by atoms with E-state index in [1.165, 1.54) is 11.1 Å². The van der Waals surface area contributed by atoms with Gasteiger partial charge >= 0.3 is 0 Å². The highest BCUT2D eigenvalue weighted by molar-refractivity contribution is 5.21. The highest BCUT2D eigenvalue weighted by Gasteiger charge is 2.13. The number of aryl methyl sites for hydroxylation is 1. The minimum absolute atomic E-state index is 0.290. The van der Waals surface area contributed by atoms with Gasteiger partial charge in [0.1, 0.15) is 18.5 Å². The van der Waals surface area contributed by atoms with Crippen LogP contribution in [0.5, 0.6) is 5.75 Å². The molecule has 2 rings (SSSR count). The Morgan fingerprint density at radius 2 is 1.76 bits per heavy atom. The van der Waals surface area contributed by atoms with Gasteiger partial charge in [0.25, 0.3) is 0 Å². The maximum atomic E-state index is 10.4. The summed E-state index contributed by atoms with van der Waals surface area (Å²) in [5.41, 5.74) is 2.50. The zero-order valence-electron chi connectivity index (χ0n) is 15.2. The number of aliphatic hydroxyl groups excluding tert-OH is 1. The molecule has 1 atom stereocenters. The third-order valence-corrected chi connectivity index (χ3v) is 4.00. The zero-order valence-corrected chi connectivity index (χ0v) is 15.2. The van der Waals surface area contributed by atoms with Gasteiger partial charge in [-0.05, 0) is 31.0 Å². The molecule has 0 saturated heterocycles. The molecule has 1 N–H and O–H groups in total. The van der Waals surface area contributed by atoms with Gasteiger partial charge in [-0.1, -0.05) is 48.0 Å². The van der Waals surface area contributed by atoms with Crippen molar-refractivity contribution in [2.75, 3.05) is 33.4 Å². The summed E-state index contributed by atoms with van der Waals surface area (Å²) < 4.78 is 10.8. The van der Waals surface area contributed by atoms with Crippen LogP contribution in [0.4, 0.5) is 0 Å². The average molecular weight is 343 g/mol. The molecule has 0 spiro atoms. The van der Waals surface area contributed by atoms with Gasteiger partial charge in [-0.2, -0.15) is 0 Å². The number of para-hydroxylation sites is 1. The van der Waals surface area contributed by atoms with Gasteiger partial charge in [0.05, 0.1) is 0 Å². The van der Waals surface area contributed by atoms with E-state index in [-0.39, 0.29) is 0 Å². The van der Waals surface area contributed by atoms with Crippen molar-refractivity contribution in [3.8, 4) is 5.75 Å². The highest BCUT2D eigenvalue weighted by Crippen LogP contribution is 2.11. The minimum atomic E-state index is -0.534. The molecule has 0 aliphatic rings. The third kappa shape index (κ3) is 7.69. The van der Waals surface area contributed by atoms with E-state index in [9.17, 15) is 5.11 Å². The molecule has 0 aromatic heterocycles. The Bertz CT molecular complexity index is 586. The van der Waals surface area contributed by atoms with E-state index >= 15 is 0 Å². The normalized spacial score (nSPS) is 12.3. The number of methoxy groups -OCH3 is 1. The molecule has 4 heteroatoms. The topological polar surface area (TPSA) is 41.9 Å². The standard InChI is InChI=1S/C21H29NO3/c1-18-9-11-19(12-10-18)15-22(13-6-14-24-2)16-20(23)17-25-21-7-4-3-5-8-21/h3-5,7-12,20,23H,6,13-17H2,1-2H3/t20-/m0/s1. The van der Waals surface area contributed by atoms with Crippen molar-refractivity contribution in [1.29, 1.82) is 0 Å². The number of ether oxygens (including phenoxy) is 2. The molecule has 0 aliphatic heterocycles. The van der Waals surface area contributed by atoms with E-state index in [2.05, 4.69) is 36.1 Å². The molecule has 2 aromatic rings. The van der Waals surface area contributed by atoms with Crippen LogP contribution in [-0.4, -0.2) is 49.5 Å². The van der Waals surface area contributed by atoms with E-state index in [1.54, 1.807) is 7.11 Å². The van der Waals surface area contributed by atoms with Gasteiger partial charge in [0.2, 0.25) is 0 Å². The molecule has 0 aliphatic carbocycles. The molecule has 2 aromatic carbocycles. The first-order valence-corrected chi connectivity index (χ1v) is 8.80. The fourth-order valence-electron chi connectivity index (χ4n) is 2.68. The van der Waals surface area contributed by atoms with Crippen molar-refractivity contribution >= 4 is 0 Å². The van der Waals surface area contributed by atoms with Gasteiger partial charge < -0.3 is 14.6 Å². The van der Waals surface area contributed by atoms with Crippen LogP contribution >= 0.6 is 0 Å². The van der Waals surface area contributed by atoms with E-state index in [0.29, 0.717) is 13.2 Å². The van der Waals surface area contributed by atoms with Crippen LogP contribution in [0, 0.1) is 6.92 Å². The number of rotatable bonds is 11. The molecular formula is C21H29NO3. The summed E-state index contributed by atoms with van der Waals surface area (Å²) in [5.74, 6) is 0.783. The van der Waals surface area contributed by atoms with Crippen molar-refractivity contribution in [3.63, 3.8) is 0 Å².